The Morgan fingerprint density at radius 3 is 2.78 bits per heavy atom. The zero-order valence-electron chi connectivity index (χ0n) is 13.0. The third-order valence-electron chi connectivity index (χ3n) is 4.30. The fourth-order valence-electron chi connectivity index (χ4n) is 2.81. The third-order valence-corrected chi connectivity index (χ3v) is 4.30. The van der Waals surface area contributed by atoms with E-state index in [1.807, 2.05) is 0 Å². The first-order chi connectivity index (χ1) is 11.0. The van der Waals surface area contributed by atoms with Gasteiger partial charge >= 0.3 is 0 Å². The number of anilines is 1. The molecule has 23 heavy (non-hydrogen) atoms. The van der Waals surface area contributed by atoms with Gasteiger partial charge in [-0.2, -0.15) is 0 Å². The molecule has 1 N–H and O–H groups in total. The van der Waals surface area contributed by atoms with Gasteiger partial charge in [0.05, 0.1) is 16.7 Å². The molecule has 1 amide bonds. The Hall–Kier alpha value is -2.19. The van der Waals surface area contributed by atoms with Crippen LogP contribution in [0.4, 0.5) is 11.4 Å². The van der Waals surface area contributed by atoms with Crippen LogP contribution in [0.1, 0.15) is 6.42 Å². The lowest BCUT2D eigenvalue weighted by Gasteiger charge is -2.33. The first-order valence-electron chi connectivity index (χ1n) is 7.70. The average molecular weight is 320 g/mol. The summed E-state index contributed by atoms with van der Waals surface area (Å²) in [6, 6.07) is 4.21. The molecular weight excluding hydrogens is 300 g/mol. The van der Waals surface area contributed by atoms with E-state index >= 15 is 0 Å². The maximum Gasteiger partial charge on any atom is 0.273 e. The molecule has 2 aliphatic heterocycles. The van der Waals surface area contributed by atoms with Crippen molar-refractivity contribution in [3.63, 3.8) is 0 Å². The topological polar surface area (TPSA) is 87.9 Å². The zero-order valence-corrected chi connectivity index (χ0v) is 13.0. The first kappa shape index (κ1) is 15.7. The molecular formula is C15H20N4O4. The number of benzene rings is 1. The lowest BCUT2D eigenvalue weighted by molar-refractivity contribution is -0.384. The number of ether oxygens (including phenoxy) is 1. The van der Waals surface area contributed by atoms with Crippen molar-refractivity contribution in [3.8, 4) is 5.75 Å². The minimum atomic E-state index is -0.607. The molecule has 0 bridgehead atoms. The molecule has 8 heteroatoms. The number of likely N-dealkylation sites (N-methyl/N-ethyl adjacent to an activating group) is 1. The van der Waals surface area contributed by atoms with E-state index < -0.39 is 11.0 Å². The van der Waals surface area contributed by atoms with Gasteiger partial charge in [0.25, 0.3) is 11.6 Å². The van der Waals surface area contributed by atoms with E-state index in [2.05, 4.69) is 22.2 Å². The van der Waals surface area contributed by atoms with Gasteiger partial charge in [0.15, 0.2) is 11.9 Å². The Balaban J connectivity index is 1.62. The van der Waals surface area contributed by atoms with E-state index in [0.717, 1.165) is 32.7 Å². The highest BCUT2D eigenvalue weighted by molar-refractivity contribution is 5.97. The van der Waals surface area contributed by atoms with Crippen LogP contribution in [-0.2, 0) is 4.79 Å². The van der Waals surface area contributed by atoms with Gasteiger partial charge in [0.1, 0.15) is 0 Å². The number of fused-ring (bicyclic) bond motifs is 1. The van der Waals surface area contributed by atoms with Gasteiger partial charge in [0.2, 0.25) is 0 Å². The Bertz CT molecular complexity index is 613. The van der Waals surface area contributed by atoms with Gasteiger partial charge in [-0.1, -0.05) is 0 Å². The van der Waals surface area contributed by atoms with E-state index in [9.17, 15) is 14.9 Å². The number of nitrogens with one attached hydrogen (secondary N) is 1. The Morgan fingerprint density at radius 1 is 1.35 bits per heavy atom. The number of nitro benzene ring substituents is 1. The first-order valence-corrected chi connectivity index (χ1v) is 7.70. The van der Waals surface area contributed by atoms with Crippen LogP contribution in [0.2, 0.25) is 0 Å². The number of carbonyl (C=O) groups excluding carboxylic acids is 1. The molecule has 0 aliphatic carbocycles. The fraction of sp³-hybridized carbons (Fsp3) is 0.533. The van der Waals surface area contributed by atoms with Crippen molar-refractivity contribution in [2.45, 2.75) is 12.5 Å². The van der Waals surface area contributed by atoms with Gasteiger partial charge in [-0.3, -0.25) is 14.9 Å². The minimum Gasteiger partial charge on any atom is -0.478 e. The van der Waals surface area contributed by atoms with Crippen LogP contribution in [0, 0.1) is 10.1 Å². The summed E-state index contributed by atoms with van der Waals surface area (Å²) in [4.78, 5) is 27.1. The summed E-state index contributed by atoms with van der Waals surface area (Å²) in [5.74, 6) is 0.169. The number of hydrogen-bond acceptors (Lipinski definition) is 6. The molecule has 2 heterocycles. The molecule has 0 radical (unpaired) electrons. The zero-order chi connectivity index (χ0) is 16.4. The van der Waals surface area contributed by atoms with E-state index in [1.165, 1.54) is 18.2 Å². The molecule has 1 fully saturated rings. The van der Waals surface area contributed by atoms with Gasteiger partial charge in [0, 0.05) is 45.2 Å². The Morgan fingerprint density at radius 2 is 2.09 bits per heavy atom. The number of carbonyl (C=O) groups is 1. The van der Waals surface area contributed by atoms with Crippen molar-refractivity contribution in [2.75, 3.05) is 45.1 Å². The number of rotatable bonds is 4. The second kappa shape index (κ2) is 6.51. The molecule has 124 valence electrons. The summed E-state index contributed by atoms with van der Waals surface area (Å²) in [6.07, 6.45) is -0.0401. The molecule has 0 spiro atoms. The molecule has 1 aromatic rings. The second-order valence-corrected chi connectivity index (χ2v) is 5.97. The van der Waals surface area contributed by atoms with Gasteiger partial charge < -0.3 is 19.9 Å². The number of piperazine rings is 1. The molecule has 1 saturated heterocycles. The highest BCUT2D eigenvalue weighted by atomic mass is 16.6. The Labute approximate surface area is 134 Å². The monoisotopic (exact) mass is 320 g/mol. The smallest absolute Gasteiger partial charge is 0.273 e. The minimum absolute atomic E-state index is 0.0438. The van der Waals surface area contributed by atoms with Crippen LogP contribution < -0.4 is 10.1 Å². The van der Waals surface area contributed by atoms with E-state index in [4.69, 9.17) is 4.74 Å². The largest absolute Gasteiger partial charge is 0.478 e. The van der Waals surface area contributed by atoms with Crippen molar-refractivity contribution in [1.82, 2.24) is 9.80 Å². The number of nitrogens with zero attached hydrogens (tertiary/aromatic N) is 3. The number of amides is 1. The predicted molar refractivity (Wildman–Crippen MR) is 84.7 cm³/mol. The number of hydrogen-bond donors (Lipinski definition) is 1. The quantitative estimate of drug-likeness (QED) is 0.656. The van der Waals surface area contributed by atoms with Crippen molar-refractivity contribution >= 4 is 17.3 Å². The highest BCUT2D eigenvalue weighted by Gasteiger charge is 2.29. The van der Waals surface area contributed by atoms with E-state index in [1.54, 1.807) is 0 Å². The number of non-ortho nitro benzene ring substituents is 1. The normalized spacial score (nSPS) is 22.1. The van der Waals surface area contributed by atoms with Crippen molar-refractivity contribution in [3.05, 3.63) is 28.3 Å². The maximum atomic E-state index is 12.1. The van der Waals surface area contributed by atoms with E-state index in [-0.39, 0.29) is 11.6 Å². The maximum absolute atomic E-state index is 12.1. The van der Waals surface area contributed by atoms with Crippen LogP contribution in [-0.4, -0.2) is 66.5 Å². The fourth-order valence-corrected chi connectivity index (χ4v) is 2.81. The highest BCUT2D eigenvalue weighted by Crippen LogP contribution is 2.33. The van der Waals surface area contributed by atoms with Gasteiger partial charge in [-0.15, -0.1) is 0 Å². The molecule has 0 aromatic heterocycles. The average Bonchev–Trinajstić information content (AvgIpc) is 2.54. The lowest BCUT2D eigenvalue weighted by Crippen LogP contribution is -2.46. The van der Waals surface area contributed by atoms with Crippen molar-refractivity contribution < 1.29 is 14.5 Å². The standard InChI is InChI=1S/C15H20N4O4/c1-17-6-8-18(9-7-17)5-4-13-15(20)16-12-3-2-11(19(21)22)10-14(12)23-13/h2-3,10,13H,4-9H2,1H3,(H,16,20)/t13-/m0/s1. The van der Waals surface area contributed by atoms with Crippen LogP contribution in [0.15, 0.2) is 18.2 Å². The van der Waals surface area contributed by atoms with Gasteiger partial charge in [-0.05, 0) is 13.1 Å². The summed E-state index contributed by atoms with van der Waals surface area (Å²) >= 11 is 0. The number of nitro groups is 1. The summed E-state index contributed by atoms with van der Waals surface area (Å²) in [5.41, 5.74) is 0.439. The van der Waals surface area contributed by atoms with Crippen molar-refractivity contribution in [2.24, 2.45) is 0 Å². The molecule has 1 aromatic carbocycles. The molecule has 0 saturated carbocycles. The SMILES string of the molecule is CN1CCN(CC[C@@H]2Oc3cc([N+](=O)[O-])ccc3NC2=O)CC1. The predicted octanol–water partition coefficient (Wildman–Crippen LogP) is 0.932. The molecule has 1 atom stereocenters. The van der Waals surface area contributed by atoms with Crippen LogP contribution in [0.5, 0.6) is 5.75 Å². The van der Waals surface area contributed by atoms with Crippen LogP contribution >= 0.6 is 0 Å². The summed E-state index contributed by atoms with van der Waals surface area (Å²) < 4.78 is 5.69. The third kappa shape index (κ3) is 3.59. The molecule has 2 aliphatic rings. The summed E-state index contributed by atoms with van der Waals surface area (Å²) in [6.45, 7) is 4.77. The van der Waals surface area contributed by atoms with Crippen LogP contribution in [0.25, 0.3) is 0 Å². The van der Waals surface area contributed by atoms with Gasteiger partial charge in [-0.25, -0.2) is 0 Å². The molecule has 0 unspecified atom stereocenters. The van der Waals surface area contributed by atoms with E-state index in [0.29, 0.717) is 17.9 Å². The molecule has 8 nitrogen and oxygen atoms in total. The summed E-state index contributed by atoms with van der Waals surface area (Å²) in [5, 5.41) is 13.6. The molecule has 3 rings (SSSR count). The van der Waals surface area contributed by atoms with Crippen LogP contribution in [0.3, 0.4) is 0 Å². The second-order valence-electron chi connectivity index (χ2n) is 5.97. The summed E-state index contributed by atoms with van der Waals surface area (Å²) in [7, 11) is 2.10. The Kier molecular flexibility index (Phi) is 4.44. The van der Waals surface area contributed by atoms with Crippen molar-refractivity contribution in [1.29, 1.82) is 0 Å². The lowest BCUT2D eigenvalue weighted by atomic mass is 10.1.